The molecule has 202 valence electrons. The van der Waals surface area contributed by atoms with Gasteiger partial charge >= 0.3 is 0 Å². The fourth-order valence-electron chi connectivity index (χ4n) is 9.44. The van der Waals surface area contributed by atoms with E-state index in [1.807, 2.05) is 0 Å². The van der Waals surface area contributed by atoms with Crippen LogP contribution in [0.2, 0.25) is 0 Å². The van der Waals surface area contributed by atoms with E-state index < -0.39 is 0 Å². The fourth-order valence-corrected chi connectivity index (χ4v) is 10.2. The van der Waals surface area contributed by atoms with E-state index in [1.54, 1.807) is 0 Å². The molecule has 4 aliphatic rings. The first-order valence-corrected chi connectivity index (χ1v) is 15.3. The number of nitrogens with one attached hydrogen (secondary N) is 1. The summed E-state index contributed by atoms with van der Waals surface area (Å²) in [4.78, 5) is 12.7. The summed E-state index contributed by atoms with van der Waals surface area (Å²) in [6.45, 7) is 11.5. The molecule has 5 rings (SSSR count). The molecule has 6 nitrogen and oxygen atoms in total. The maximum absolute atomic E-state index is 12.7. The second-order valence-electron chi connectivity index (χ2n) is 13.6. The van der Waals surface area contributed by atoms with E-state index in [2.05, 4.69) is 50.1 Å². The van der Waals surface area contributed by atoms with E-state index in [-0.39, 0.29) is 28.9 Å². The highest BCUT2D eigenvalue weighted by atomic mass is 32.1. The van der Waals surface area contributed by atoms with Gasteiger partial charge in [-0.1, -0.05) is 46.0 Å². The Morgan fingerprint density at radius 3 is 2.47 bits per heavy atom. The lowest BCUT2D eigenvalue weighted by Crippen LogP contribution is -2.58. The summed E-state index contributed by atoms with van der Waals surface area (Å²) in [6, 6.07) is 0. The topological polar surface area (TPSA) is 95.3 Å². The van der Waals surface area contributed by atoms with Crippen molar-refractivity contribution < 1.29 is 15.0 Å². The Hall–Kier alpha value is -1.05. The zero-order chi connectivity index (χ0) is 25.8. The minimum absolute atomic E-state index is 0.0397. The van der Waals surface area contributed by atoms with E-state index in [0.717, 1.165) is 37.1 Å². The van der Waals surface area contributed by atoms with Gasteiger partial charge in [0.25, 0.3) is 0 Å². The quantitative estimate of drug-likeness (QED) is 0.430. The van der Waals surface area contributed by atoms with Crippen LogP contribution in [0.15, 0.2) is 0 Å². The Morgan fingerprint density at radius 2 is 1.75 bits per heavy atom. The molecule has 4 aliphatic carbocycles. The molecule has 10 atom stereocenters. The molecular weight excluding hydrogens is 470 g/mol. The maximum Gasteiger partial charge on any atom is 0.226 e. The van der Waals surface area contributed by atoms with Gasteiger partial charge in [-0.05, 0) is 104 Å². The summed E-state index contributed by atoms with van der Waals surface area (Å²) in [6.07, 6.45) is 9.64. The molecule has 4 fully saturated rings. The molecule has 3 N–H and O–H groups in total. The van der Waals surface area contributed by atoms with Gasteiger partial charge in [0, 0.05) is 12.3 Å². The third-order valence-electron chi connectivity index (χ3n) is 11.4. The zero-order valence-corrected chi connectivity index (χ0v) is 23.7. The fraction of sp³-hybridized carbons (Fsp3) is 0.897. The zero-order valence-electron chi connectivity index (χ0n) is 22.9. The van der Waals surface area contributed by atoms with Crippen LogP contribution in [-0.4, -0.2) is 38.5 Å². The molecule has 7 heteroatoms. The number of amides is 1. The smallest absolute Gasteiger partial charge is 0.226 e. The van der Waals surface area contributed by atoms with Crippen LogP contribution in [0.3, 0.4) is 0 Å². The van der Waals surface area contributed by atoms with Gasteiger partial charge in [-0.15, -0.1) is 10.2 Å². The predicted octanol–water partition coefficient (Wildman–Crippen LogP) is 6.01. The maximum atomic E-state index is 12.7. The predicted molar refractivity (Wildman–Crippen MR) is 144 cm³/mol. The van der Waals surface area contributed by atoms with Crippen molar-refractivity contribution in [3.63, 3.8) is 0 Å². The van der Waals surface area contributed by atoms with E-state index in [1.165, 1.54) is 37.0 Å². The van der Waals surface area contributed by atoms with Crippen LogP contribution in [0.25, 0.3) is 0 Å². The van der Waals surface area contributed by atoms with E-state index in [4.69, 9.17) is 0 Å². The Bertz CT molecular complexity index is 952. The minimum Gasteiger partial charge on any atom is -0.393 e. The number of anilines is 1. The lowest BCUT2D eigenvalue weighted by Gasteiger charge is -2.62. The first-order valence-electron chi connectivity index (χ1n) is 14.5. The molecule has 1 amide bonds. The second kappa shape index (κ2) is 9.92. The minimum atomic E-state index is -0.231. The molecule has 0 radical (unpaired) electrons. The number of carbonyl (C=O) groups excluding carboxylic acids is 1. The lowest BCUT2D eigenvalue weighted by atomic mass is 9.43. The van der Waals surface area contributed by atoms with Crippen LogP contribution in [-0.2, 0) is 4.79 Å². The number of rotatable bonds is 6. The number of hydrogen-bond acceptors (Lipinski definition) is 6. The summed E-state index contributed by atoms with van der Waals surface area (Å²) >= 11 is 1.47. The Morgan fingerprint density at radius 1 is 1.03 bits per heavy atom. The molecule has 36 heavy (non-hydrogen) atoms. The molecule has 0 aromatic carbocycles. The van der Waals surface area contributed by atoms with Gasteiger partial charge < -0.3 is 15.5 Å². The highest BCUT2D eigenvalue weighted by Crippen LogP contribution is 2.68. The van der Waals surface area contributed by atoms with Crippen molar-refractivity contribution in [1.29, 1.82) is 0 Å². The van der Waals surface area contributed by atoms with E-state index >= 15 is 0 Å². The van der Waals surface area contributed by atoms with E-state index in [9.17, 15) is 15.0 Å². The molecule has 0 bridgehead atoms. The van der Waals surface area contributed by atoms with Crippen molar-refractivity contribution in [3.05, 3.63) is 5.01 Å². The van der Waals surface area contributed by atoms with Gasteiger partial charge in [-0.25, -0.2) is 0 Å². The average molecular weight is 518 g/mol. The summed E-state index contributed by atoms with van der Waals surface area (Å²) in [5, 5.41) is 34.6. The summed E-state index contributed by atoms with van der Waals surface area (Å²) in [5.74, 6) is 3.47. The highest BCUT2D eigenvalue weighted by molar-refractivity contribution is 7.15. The molecule has 1 aromatic heterocycles. The van der Waals surface area contributed by atoms with Crippen LogP contribution >= 0.6 is 11.3 Å². The number of fused-ring (bicyclic) bond motifs is 5. The third-order valence-corrected chi connectivity index (χ3v) is 12.6. The summed E-state index contributed by atoms with van der Waals surface area (Å²) < 4.78 is 0. The van der Waals surface area contributed by atoms with Gasteiger partial charge in [0.2, 0.25) is 11.0 Å². The average Bonchev–Trinajstić information content (AvgIpc) is 3.43. The third kappa shape index (κ3) is 4.55. The second-order valence-corrected chi connectivity index (χ2v) is 14.6. The van der Waals surface area contributed by atoms with Crippen LogP contribution < -0.4 is 5.32 Å². The molecule has 0 saturated heterocycles. The molecular formula is C29H47N3O3S. The molecule has 1 aromatic rings. The Balaban J connectivity index is 1.22. The van der Waals surface area contributed by atoms with Gasteiger partial charge in [0.1, 0.15) is 5.01 Å². The van der Waals surface area contributed by atoms with Gasteiger partial charge in [-0.2, -0.15) is 0 Å². The van der Waals surface area contributed by atoms with Crippen molar-refractivity contribution in [2.45, 2.75) is 117 Å². The summed E-state index contributed by atoms with van der Waals surface area (Å²) in [5.41, 5.74) is 0.521. The number of carbonyl (C=O) groups is 1. The molecule has 0 unspecified atom stereocenters. The first-order chi connectivity index (χ1) is 17.0. The normalized spacial score (nSPS) is 42.9. The molecule has 0 aliphatic heterocycles. The standard InChI is InChI=1S/C29H47N3O3S/c1-16(2)26-31-32-27(36-26)30-24(35)9-6-17(3)20-7-8-21-25-22(11-13-29(20,21)5)28(4)12-10-19(33)14-18(28)15-23(25)34/h16-23,25,33-34H,6-15H2,1-5H3,(H,30,32,35)/t17-,18+,19-,20-,21+,22+,23+,25+,28+,29-/m1/s1. The molecule has 0 spiro atoms. The van der Waals surface area contributed by atoms with Crippen LogP contribution in [0.4, 0.5) is 5.13 Å². The monoisotopic (exact) mass is 517 g/mol. The SMILES string of the molecule is CC(C)c1nnc(NC(=O)CC[C@@H](C)[C@H]2CC[C@H]3[C@@H]4[C@@H](O)C[C@@H]5C[C@H](O)CC[C@]5(C)[C@H]4CC[C@]23C)s1. The van der Waals surface area contributed by atoms with Gasteiger partial charge in [0.05, 0.1) is 12.2 Å². The van der Waals surface area contributed by atoms with Crippen molar-refractivity contribution in [2.24, 2.45) is 46.3 Å². The number of aliphatic hydroxyl groups is 2. The number of aliphatic hydroxyl groups excluding tert-OH is 2. The first kappa shape index (κ1) is 26.6. The van der Waals surface area contributed by atoms with Crippen LogP contribution in [0.1, 0.15) is 110 Å². The van der Waals surface area contributed by atoms with Gasteiger partial charge in [-0.3, -0.25) is 4.79 Å². The van der Waals surface area contributed by atoms with Crippen LogP contribution in [0, 0.1) is 46.3 Å². The van der Waals surface area contributed by atoms with Gasteiger partial charge in [0.15, 0.2) is 0 Å². The van der Waals surface area contributed by atoms with Crippen molar-refractivity contribution in [2.75, 3.05) is 5.32 Å². The summed E-state index contributed by atoms with van der Waals surface area (Å²) in [7, 11) is 0. The number of hydrogen-bond donors (Lipinski definition) is 3. The highest BCUT2D eigenvalue weighted by Gasteiger charge is 2.62. The Labute approximate surface area is 221 Å². The number of aromatic nitrogens is 2. The van der Waals surface area contributed by atoms with Crippen LogP contribution in [0.5, 0.6) is 0 Å². The van der Waals surface area contributed by atoms with Crippen molar-refractivity contribution in [1.82, 2.24) is 10.2 Å². The number of nitrogens with zero attached hydrogens (tertiary/aromatic N) is 2. The Kier molecular flexibility index (Phi) is 7.32. The molecule has 4 saturated carbocycles. The largest absolute Gasteiger partial charge is 0.393 e. The van der Waals surface area contributed by atoms with E-state index in [0.29, 0.717) is 53.0 Å². The van der Waals surface area contributed by atoms with Crippen molar-refractivity contribution in [3.8, 4) is 0 Å². The van der Waals surface area contributed by atoms with Crippen molar-refractivity contribution >= 4 is 22.4 Å². The lowest BCUT2D eigenvalue weighted by molar-refractivity contribution is -0.174. The molecule has 1 heterocycles.